The summed E-state index contributed by atoms with van der Waals surface area (Å²) in [5, 5.41) is 13.3. The highest BCUT2D eigenvalue weighted by Crippen LogP contribution is 2.35. The average molecular weight is 553 g/mol. The number of carbonyl (C=O) groups is 1. The number of thioether (sulfide) groups is 1. The summed E-state index contributed by atoms with van der Waals surface area (Å²) in [6.07, 6.45) is 7.68. The number of nitrogens with zero attached hydrogens (tertiary/aromatic N) is 3. The van der Waals surface area contributed by atoms with Crippen LogP contribution in [0.1, 0.15) is 74.6 Å². The van der Waals surface area contributed by atoms with E-state index in [1.165, 1.54) is 11.8 Å². The van der Waals surface area contributed by atoms with Crippen LogP contribution in [0.25, 0.3) is 6.08 Å². The van der Waals surface area contributed by atoms with Gasteiger partial charge in [0, 0.05) is 25.2 Å². The molecule has 38 heavy (non-hydrogen) atoms. The molecule has 0 aliphatic carbocycles. The SMILES string of the molecule is CCCCCCN1C(=O)/C(=C\c2c(C)c(C#N)c(=O)n(CCCC)c2NCc2ccc(OC)cc2)SC1=S. The highest BCUT2D eigenvalue weighted by molar-refractivity contribution is 8.26. The lowest BCUT2D eigenvalue weighted by Gasteiger charge is -2.20. The Bertz CT molecular complexity index is 1290. The van der Waals surface area contributed by atoms with E-state index in [4.69, 9.17) is 17.0 Å². The molecular weight excluding hydrogens is 516 g/mol. The maximum Gasteiger partial charge on any atom is 0.270 e. The van der Waals surface area contributed by atoms with Crippen LogP contribution in [0.2, 0.25) is 0 Å². The molecular formula is C29H36N4O3S2. The molecule has 0 atom stereocenters. The molecule has 1 N–H and O–H groups in total. The Morgan fingerprint density at radius 2 is 1.79 bits per heavy atom. The number of carbonyl (C=O) groups excluding carboxylic acids is 1. The van der Waals surface area contributed by atoms with Crippen LogP contribution in [-0.4, -0.2) is 33.3 Å². The van der Waals surface area contributed by atoms with E-state index >= 15 is 0 Å². The van der Waals surface area contributed by atoms with Crippen molar-refractivity contribution in [1.82, 2.24) is 9.47 Å². The second-order valence-electron chi connectivity index (χ2n) is 9.28. The van der Waals surface area contributed by atoms with Gasteiger partial charge in [-0.1, -0.05) is 75.6 Å². The predicted molar refractivity (Wildman–Crippen MR) is 159 cm³/mol. The van der Waals surface area contributed by atoms with E-state index in [-0.39, 0.29) is 17.0 Å². The second kappa shape index (κ2) is 14.2. The first-order valence-electron chi connectivity index (χ1n) is 13.2. The maximum absolute atomic E-state index is 13.3. The number of hydrogen-bond acceptors (Lipinski definition) is 7. The summed E-state index contributed by atoms with van der Waals surface area (Å²) in [6.45, 7) is 7.50. The van der Waals surface area contributed by atoms with E-state index in [0.29, 0.717) is 45.8 Å². The lowest BCUT2D eigenvalue weighted by Crippen LogP contribution is -2.29. The van der Waals surface area contributed by atoms with E-state index in [2.05, 4.69) is 25.2 Å². The molecule has 1 amide bonds. The Hall–Kier alpha value is -3.09. The zero-order chi connectivity index (χ0) is 27.7. The van der Waals surface area contributed by atoms with Crippen LogP contribution < -0.4 is 15.6 Å². The fourth-order valence-corrected chi connectivity index (χ4v) is 5.62. The number of hydrogen-bond donors (Lipinski definition) is 1. The van der Waals surface area contributed by atoms with Crippen LogP contribution in [0, 0.1) is 18.3 Å². The number of methoxy groups -OCH3 is 1. The molecule has 0 bridgehead atoms. The number of benzene rings is 1. The zero-order valence-electron chi connectivity index (χ0n) is 22.6. The van der Waals surface area contributed by atoms with Crippen LogP contribution in [0.4, 0.5) is 5.82 Å². The lowest BCUT2D eigenvalue weighted by molar-refractivity contribution is -0.122. The molecule has 2 heterocycles. The van der Waals surface area contributed by atoms with Gasteiger partial charge in [0.1, 0.15) is 27.5 Å². The molecule has 2 aromatic rings. The molecule has 202 valence electrons. The molecule has 1 fully saturated rings. The molecule has 9 heteroatoms. The van der Waals surface area contributed by atoms with Crippen molar-refractivity contribution in [3.05, 3.63) is 61.8 Å². The summed E-state index contributed by atoms with van der Waals surface area (Å²) < 4.78 is 7.44. The van der Waals surface area contributed by atoms with E-state index in [1.54, 1.807) is 29.6 Å². The minimum Gasteiger partial charge on any atom is -0.497 e. The smallest absolute Gasteiger partial charge is 0.270 e. The molecule has 1 aromatic carbocycles. The summed E-state index contributed by atoms with van der Waals surface area (Å²) in [6, 6.07) is 9.79. The van der Waals surface area contributed by atoms with Crippen molar-refractivity contribution in [2.45, 2.75) is 72.4 Å². The van der Waals surface area contributed by atoms with Gasteiger partial charge in [0.15, 0.2) is 0 Å². The van der Waals surface area contributed by atoms with Crippen molar-refractivity contribution in [1.29, 1.82) is 5.26 Å². The van der Waals surface area contributed by atoms with Crippen LogP contribution in [0.5, 0.6) is 5.75 Å². The number of ether oxygens (including phenoxy) is 1. The Morgan fingerprint density at radius 1 is 1.08 bits per heavy atom. The van der Waals surface area contributed by atoms with E-state index in [1.807, 2.05) is 24.3 Å². The van der Waals surface area contributed by atoms with Gasteiger partial charge in [-0.3, -0.25) is 19.1 Å². The number of aromatic nitrogens is 1. The number of amides is 1. The Kier molecular flexibility index (Phi) is 11.0. The quantitative estimate of drug-likeness (QED) is 0.179. The van der Waals surface area contributed by atoms with Crippen molar-refractivity contribution in [3.8, 4) is 11.8 Å². The van der Waals surface area contributed by atoms with Gasteiger partial charge in [0.2, 0.25) is 0 Å². The topological polar surface area (TPSA) is 87.4 Å². The molecule has 0 saturated carbocycles. The van der Waals surface area contributed by atoms with Gasteiger partial charge < -0.3 is 10.1 Å². The van der Waals surface area contributed by atoms with E-state index in [9.17, 15) is 14.9 Å². The van der Waals surface area contributed by atoms with Crippen molar-refractivity contribution < 1.29 is 9.53 Å². The lowest BCUT2D eigenvalue weighted by atomic mass is 10.0. The molecule has 1 aliphatic heterocycles. The Labute approximate surface area is 234 Å². The molecule has 0 spiro atoms. The van der Waals surface area contributed by atoms with Gasteiger partial charge in [-0.05, 0) is 49.1 Å². The minimum atomic E-state index is -0.323. The summed E-state index contributed by atoms with van der Waals surface area (Å²) in [4.78, 5) is 28.8. The average Bonchev–Trinajstić information content (AvgIpc) is 3.19. The zero-order valence-corrected chi connectivity index (χ0v) is 24.3. The number of nitrogens with one attached hydrogen (secondary N) is 1. The summed E-state index contributed by atoms with van der Waals surface area (Å²) in [7, 11) is 1.62. The van der Waals surface area contributed by atoms with E-state index < -0.39 is 0 Å². The fraction of sp³-hybridized carbons (Fsp3) is 0.448. The summed E-state index contributed by atoms with van der Waals surface area (Å²) in [5.74, 6) is 1.24. The molecule has 1 aliphatic rings. The Morgan fingerprint density at radius 3 is 2.42 bits per heavy atom. The van der Waals surface area contributed by atoms with Gasteiger partial charge in [0.05, 0.1) is 12.0 Å². The highest BCUT2D eigenvalue weighted by atomic mass is 32.2. The van der Waals surface area contributed by atoms with Gasteiger partial charge in [-0.2, -0.15) is 5.26 Å². The normalized spacial score (nSPS) is 14.3. The summed E-state index contributed by atoms with van der Waals surface area (Å²) in [5.41, 5.74) is 1.99. The predicted octanol–water partition coefficient (Wildman–Crippen LogP) is 6.23. The number of rotatable bonds is 13. The first-order valence-corrected chi connectivity index (χ1v) is 14.4. The van der Waals surface area contributed by atoms with Gasteiger partial charge in [0.25, 0.3) is 11.5 Å². The maximum atomic E-state index is 13.3. The fourth-order valence-electron chi connectivity index (χ4n) is 4.33. The second-order valence-corrected chi connectivity index (χ2v) is 11.0. The molecule has 0 radical (unpaired) electrons. The highest BCUT2D eigenvalue weighted by Gasteiger charge is 2.32. The van der Waals surface area contributed by atoms with Crippen LogP contribution >= 0.6 is 24.0 Å². The largest absolute Gasteiger partial charge is 0.497 e. The third-order valence-corrected chi connectivity index (χ3v) is 7.99. The number of thiocarbonyl (C=S) groups is 1. The third kappa shape index (κ3) is 6.86. The number of anilines is 1. The third-order valence-electron chi connectivity index (χ3n) is 6.61. The number of unbranched alkanes of at least 4 members (excludes halogenated alkanes) is 4. The first kappa shape index (κ1) is 29.5. The molecule has 0 unspecified atom stereocenters. The number of nitriles is 1. The van der Waals surface area contributed by atoms with Crippen molar-refractivity contribution in [2.24, 2.45) is 0 Å². The van der Waals surface area contributed by atoms with Gasteiger partial charge >= 0.3 is 0 Å². The standard InChI is InChI=1S/C29H36N4O3S2/c1-5-7-9-10-16-33-28(35)25(38-29(33)37)17-23-20(3)24(18-30)27(34)32(15-8-6-2)26(23)31-19-21-11-13-22(36-4)14-12-21/h11-14,17,31H,5-10,15-16,19H2,1-4H3/b25-17+. The first-order chi connectivity index (χ1) is 18.4. The van der Waals surface area contributed by atoms with Crippen LogP contribution in [0.15, 0.2) is 34.0 Å². The summed E-state index contributed by atoms with van der Waals surface area (Å²) >= 11 is 6.81. The van der Waals surface area contributed by atoms with Crippen molar-refractivity contribution in [3.63, 3.8) is 0 Å². The van der Waals surface area contributed by atoms with Crippen LogP contribution in [0.3, 0.4) is 0 Å². The Balaban J connectivity index is 2.04. The van der Waals surface area contributed by atoms with E-state index in [0.717, 1.165) is 49.8 Å². The van der Waals surface area contributed by atoms with Crippen molar-refractivity contribution in [2.75, 3.05) is 19.0 Å². The monoisotopic (exact) mass is 552 g/mol. The van der Waals surface area contributed by atoms with Gasteiger partial charge in [-0.15, -0.1) is 0 Å². The molecule has 1 saturated heterocycles. The van der Waals surface area contributed by atoms with Crippen LogP contribution in [-0.2, 0) is 17.9 Å². The minimum absolute atomic E-state index is 0.0948. The molecule has 7 nitrogen and oxygen atoms in total. The molecule has 1 aromatic heterocycles. The number of pyridine rings is 1. The molecule has 3 rings (SSSR count). The van der Waals surface area contributed by atoms with Crippen molar-refractivity contribution >= 4 is 46.1 Å². The van der Waals surface area contributed by atoms with Gasteiger partial charge in [-0.25, -0.2) is 0 Å².